The third kappa shape index (κ3) is 3.90. The number of anilines is 1. The molecule has 0 bridgehead atoms. The van der Waals surface area contributed by atoms with E-state index in [1.54, 1.807) is 0 Å². The molecule has 0 aliphatic heterocycles. The Kier molecular flexibility index (Phi) is 4.79. The maximum Gasteiger partial charge on any atom is 0.319 e. The Labute approximate surface area is 95.7 Å². The molecule has 1 unspecified atom stereocenters. The van der Waals surface area contributed by atoms with Gasteiger partial charge in [0.05, 0.1) is 12.6 Å². The number of carbonyl (C=O) groups is 1. The average Bonchev–Trinajstić information content (AvgIpc) is 2.29. The maximum absolute atomic E-state index is 11.5. The fourth-order valence-electron chi connectivity index (χ4n) is 1.27. The molecule has 4 nitrogen and oxygen atoms in total. The van der Waals surface area contributed by atoms with Crippen molar-refractivity contribution in [2.24, 2.45) is 0 Å². The third-order valence-corrected chi connectivity index (χ3v) is 2.36. The van der Waals surface area contributed by atoms with Gasteiger partial charge in [0.2, 0.25) is 0 Å². The van der Waals surface area contributed by atoms with Crippen molar-refractivity contribution in [3.63, 3.8) is 0 Å². The van der Waals surface area contributed by atoms with Crippen LogP contribution in [0.2, 0.25) is 0 Å². The topological polar surface area (TPSA) is 61.4 Å². The lowest BCUT2D eigenvalue weighted by Crippen LogP contribution is -2.39. The molecule has 1 aromatic carbocycles. The van der Waals surface area contributed by atoms with Crippen molar-refractivity contribution < 1.29 is 9.90 Å². The Morgan fingerprint density at radius 2 is 2.00 bits per heavy atom. The van der Waals surface area contributed by atoms with Crippen LogP contribution >= 0.6 is 0 Å². The van der Waals surface area contributed by atoms with E-state index in [-0.39, 0.29) is 18.7 Å². The average molecular weight is 222 g/mol. The molecule has 0 spiro atoms. The molecule has 0 fully saturated rings. The molecule has 1 atom stereocenters. The van der Waals surface area contributed by atoms with Crippen LogP contribution in [0.1, 0.15) is 18.9 Å². The predicted molar refractivity (Wildman–Crippen MR) is 64.5 cm³/mol. The molecule has 16 heavy (non-hydrogen) atoms. The van der Waals surface area contributed by atoms with Gasteiger partial charge >= 0.3 is 6.03 Å². The summed E-state index contributed by atoms with van der Waals surface area (Å²) in [7, 11) is 0. The van der Waals surface area contributed by atoms with Crippen molar-refractivity contribution in [3.05, 3.63) is 29.8 Å². The van der Waals surface area contributed by atoms with Gasteiger partial charge in [-0.1, -0.05) is 24.6 Å². The van der Waals surface area contributed by atoms with Gasteiger partial charge in [-0.05, 0) is 25.5 Å². The Bertz CT molecular complexity index is 331. The van der Waals surface area contributed by atoms with Crippen molar-refractivity contribution in [3.8, 4) is 0 Å². The molecule has 1 rings (SSSR count). The molecule has 88 valence electrons. The van der Waals surface area contributed by atoms with Crippen molar-refractivity contribution >= 4 is 11.7 Å². The zero-order valence-corrected chi connectivity index (χ0v) is 9.66. The molecule has 0 aromatic heterocycles. The van der Waals surface area contributed by atoms with Gasteiger partial charge in [0.1, 0.15) is 0 Å². The van der Waals surface area contributed by atoms with Gasteiger partial charge in [0.25, 0.3) is 0 Å². The van der Waals surface area contributed by atoms with E-state index in [2.05, 4.69) is 10.6 Å². The number of nitrogens with one attached hydrogen (secondary N) is 2. The zero-order chi connectivity index (χ0) is 12.0. The summed E-state index contributed by atoms with van der Waals surface area (Å²) in [6.45, 7) is 3.85. The van der Waals surface area contributed by atoms with E-state index in [9.17, 15) is 4.79 Å². The molecule has 0 radical (unpaired) electrons. The van der Waals surface area contributed by atoms with Gasteiger partial charge in [-0.25, -0.2) is 4.79 Å². The number of amides is 2. The molecular formula is C12H18N2O2. The van der Waals surface area contributed by atoms with Gasteiger partial charge in [-0.2, -0.15) is 0 Å². The van der Waals surface area contributed by atoms with Crippen LogP contribution in [0.4, 0.5) is 10.5 Å². The lowest BCUT2D eigenvalue weighted by Gasteiger charge is -2.14. The second-order valence-corrected chi connectivity index (χ2v) is 3.75. The van der Waals surface area contributed by atoms with E-state index in [0.717, 1.165) is 11.3 Å². The summed E-state index contributed by atoms with van der Waals surface area (Å²) in [4.78, 5) is 11.5. The number of rotatable bonds is 4. The van der Waals surface area contributed by atoms with Crippen LogP contribution in [0.25, 0.3) is 0 Å². The van der Waals surface area contributed by atoms with Crippen LogP contribution in [0.5, 0.6) is 0 Å². The number of aryl methyl sites for hydroxylation is 1. The van der Waals surface area contributed by atoms with Crippen LogP contribution in [0, 0.1) is 6.92 Å². The SMILES string of the molecule is CCC(CO)NC(=O)Nc1ccc(C)cc1. The molecule has 2 amide bonds. The van der Waals surface area contributed by atoms with Crippen molar-refractivity contribution in [1.29, 1.82) is 0 Å². The van der Waals surface area contributed by atoms with E-state index in [1.807, 2.05) is 38.1 Å². The van der Waals surface area contributed by atoms with Gasteiger partial charge in [-0.3, -0.25) is 0 Å². The van der Waals surface area contributed by atoms with Crippen LogP contribution < -0.4 is 10.6 Å². The van der Waals surface area contributed by atoms with Crippen molar-refractivity contribution in [2.45, 2.75) is 26.3 Å². The van der Waals surface area contributed by atoms with E-state index in [0.29, 0.717) is 6.42 Å². The first-order valence-electron chi connectivity index (χ1n) is 5.40. The molecule has 0 aliphatic rings. The zero-order valence-electron chi connectivity index (χ0n) is 9.66. The molecule has 0 heterocycles. The highest BCUT2D eigenvalue weighted by atomic mass is 16.3. The summed E-state index contributed by atoms with van der Waals surface area (Å²) in [5.74, 6) is 0. The third-order valence-electron chi connectivity index (χ3n) is 2.36. The Morgan fingerprint density at radius 3 is 2.50 bits per heavy atom. The normalized spacial score (nSPS) is 11.9. The summed E-state index contributed by atoms with van der Waals surface area (Å²) in [6.07, 6.45) is 0.706. The fourth-order valence-corrected chi connectivity index (χ4v) is 1.27. The predicted octanol–water partition coefficient (Wildman–Crippen LogP) is 1.89. The van der Waals surface area contributed by atoms with Crippen molar-refractivity contribution in [2.75, 3.05) is 11.9 Å². The number of urea groups is 1. The van der Waals surface area contributed by atoms with Crippen molar-refractivity contribution in [1.82, 2.24) is 5.32 Å². The van der Waals surface area contributed by atoms with E-state index in [1.165, 1.54) is 0 Å². The summed E-state index contributed by atoms with van der Waals surface area (Å²) in [5.41, 5.74) is 1.89. The number of aliphatic hydroxyl groups excluding tert-OH is 1. The molecule has 0 saturated carbocycles. The fraction of sp³-hybridized carbons (Fsp3) is 0.417. The van der Waals surface area contributed by atoms with Crippen LogP contribution in [0.3, 0.4) is 0 Å². The molecule has 4 heteroatoms. The smallest absolute Gasteiger partial charge is 0.319 e. The molecular weight excluding hydrogens is 204 g/mol. The number of hydrogen-bond donors (Lipinski definition) is 3. The van der Waals surface area contributed by atoms with E-state index >= 15 is 0 Å². The molecule has 0 saturated heterocycles. The van der Waals surface area contributed by atoms with Crippen LogP contribution in [0.15, 0.2) is 24.3 Å². The van der Waals surface area contributed by atoms with Gasteiger partial charge in [0.15, 0.2) is 0 Å². The van der Waals surface area contributed by atoms with Crippen LogP contribution in [-0.2, 0) is 0 Å². The van der Waals surface area contributed by atoms with Gasteiger partial charge < -0.3 is 15.7 Å². The summed E-state index contributed by atoms with van der Waals surface area (Å²) >= 11 is 0. The standard InChI is InChI=1S/C12H18N2O2/c1-3-10(8-15)13-12(16)14-11-6-4-9(2)5-7-11/h4-7,10,15H,3,8H2,1-2H3,(H2,13,14,16). The second-order valence-electron chi connectivity index (χ2n) is 3.75. The minimum Gasteiger partial charge on any atom is -0.394 e. The minimum atomic E-state index is -0.287. The largest absolute Gasteiger partial charge is 0.394 e. The lowest BCUT2D eigenvalue weighted by molar-refractivity contribution is 0.222. The maximum atomic E-state index is 11.5. The molecule has 3 N–H and O–H groups in total. The first kappa shape index (κ1) is 12.5. The highest BCUT2D eigenvalue weighted by molar-refractivity contribution is 5.89. The Morgan fingerprint density at radius 1 is 1.38 bits per heavy atom. The monoisotopic (exact) mass is 222 g/mol. The number of carbonyl (C=O) groups excluding carboxylic acids is 1. The first-order chi connectivity index (χ1) is 7.65. The number of benzene rings is 1. The molecule has 0 aliphatic carbocycles. The van der Waals surface area contributed by atoms with Crippen LogP contribution in [-0.4, -0.2) is 23.8 Å². The highest BCUT2D eigenvalue weighted by Crippen LogP contribution is 2.08. The quantitative estimate of drug-likeness (QED) is 0.728. The highest BCUT2D eigenvalue weighted by Gasteiger charge is 2.08. The Balaban J connectivity index is 2.48. The summed E-state index contributed by atoms with van der Waals surface area (Å²) in [5, 5.41) is 14.3. The summed E-state index contributed by atoms with van der Waals surface area (Å²) in [6, 6.07) is 7.07. The second kappa shape index (κ2) is 6.12. The van der Waals surface area contributed by atoms with E-state index < -0.39 is 0 Å². The van der Waals surface area contributed by atoms with Gasteiger partial charge in [0, 0.05) is 5.69 Å². The lowest BCUT2D eigenvalue weighted by atomic mass is 10.2. The first-order valence-corrected chi connectivity index (χ1v) is 5.40. The Hall–Kier alpha value is -1.55. The van der Waals surface area contributed by atoms with Gasteiger partial charge in [-0.15, -0.1) is 0 Å². The summed E-state index contributed by atoms with van der Waals surface area (Å²) < 4.78 is 0. The number of hydrogen-bond acceptors (Lipinski definition) is 2. The molecule has 1 aromatic rings. The minimum absolute atomic E-state index is 0.0438. The number of aliphatic hydroxyl groups is 1. The van der Waals surface area contributed by atoms with E-state index in [4.69, 9.17) is 5.11 Å².